The molecule has 0 bridgehead atoms. The highest BCUT2D eigenvalue weighted by Crippen LogP contribution is 2.28. The number of nitrogens with one attached hydrogen (secondary N) is 1. The third-order valence-electron chi connectivity index (χ3n) is 3.25. The number of fused-ring (bicyclic) bond motifs is 1. The minimum atomic E-state index is -0.325. The van der Waals surface area contributed by atoms with Crippen LogP contribution in [0.5, 0.6) is 0 Å². The first-order valence-electron chi connectivity index (χ1n) is 6.43. The number of aryl methyl sites for hydroxylation is 1. The van der Waals surface area contributed by atoms with Gasteiger partial charge in [0, 0.05) is 22.9 Å². The van der Waals surface area contributed by atoms with E-state index in [-0.39, 0.29) is 11.9 Å². The Bertz CT molecular complexity index is 734. The van der Waals surface area contributed by atoms with E-state index in [2.05, 4.69) is 10.3 Å². The Balaban J connectivity index is 1.92. The van der Waals surface area contributed by atoms with Crippen molar-refractivity contribution in [3.8, 4) is 0 Å². The lowest BCUT2D eigenvalue weighted by molar-refractivity contribution is 0.441. The summed E-state index contributed by atoms with van der Waals surface area (Å²) in [5.74, 6) is 0.411. The first-order valence-corrected chi connectivity index (χ1v) is 7.31. The molecule has 3 aromatic rings. The van der Waals surface area contributed by atoms with Gasteiger partial charge in [-0.15, -0.1) is 11.3 Å². The third-order valence-corrected chi connectivity index (χ3v) is 4.24. The van der Waals surface area contributed by atoms with Crippen LogP contribution >= 0.6 is 11.3 Å². The minimum Gasteiger partial charge on any atom is -0.456 e. The summed E-state index contributed by atoms with van der Waals surface area (Å²) < 4.78 is 19.3. The fourth-order valence-corrected chi connectivity index (χ4v) is 3.05. The van der Waals surface area contributed by atoms with Gasteiger partial charge in [-0.05, 0) is 26.1 Å². The summed E-state index contributed by atoms with van der Waals surface area (Å²) in [6.07, 6.45) is 0.733. The van der Waals surface area contributed by atoms with Crippen molar-refractivity contribution in [1.29, 1.82) is 0 Å². The monoisotopic (exact) mass is 290 g/mol. The quantitative estimate of drug-likeness (QED) is 0.793. The highest BCUT2D eigenvalue weighted by molar-refractivity contribution is 7.09. The first-order chi connectivity index (χ1) is 9.67. The molecule has 0 amide bonds. The van der Waals surface area contributed by atoms with Crippen molar-refractivity contribution in [2.24, 2.45) is 0 Å². The van der Waals surface area contributed by atoms with Crippen LogP contribution < -0.4 is 5.32 Å². The Morgan fingerprint density at radius 2 is 2.30 bits per heavy atom. The molecule has 3 rings (SSSR count). The van der Waals surface area contributed by atoms with Gasteiger partial charge in [0.15, 0.2) is 11.4 Å². The summed E-state index contributed by atoms with van der Waals surface area (Å²) in [5, 5.41) is 7.07. The van der Waals surface area contributed by atoms with Crippen LogP contribution in [0.15, 0.2) is 34.1 Å². The summed E-state index contributed by atoms with van der Waals surface area (Å²) >= 11 is 1.63. The second kappa shape index (κ2) is 5.34. The van der Waals surface area contributed by atoms with Gasteiger partial charge in [-0.2, -0.15) is 0 Å². The molecule has 0 saturated heterocycles. The molecule has 20 heavy (non-hydrogen) atoms. The van der Waals surface area contributed by atoms with Crippen molar-refractivity contribution < 1.29 is 8.81 Å². The molecule has 1 atom stereocenters. The Morgan fingerprint density at radius 3 is 2.95 bits per heavy atom. The molecule has 2 aromatic heterocycles. The zero-order chi connectivity index (χ0) is 14.1. The zero-order valence-corrected chi connectivity index (χ0v) is 12.1. The predicted molar refractivity (Wildman–Crippen MR) is 78.5 cm³/mol. The molecule has 0 fully saturated rings. The van der Waals surface area contributed by atoms with Crippen molar-refractivity contribution in [2.75, 3.05) is 7.05 Å². The van der Waals surface area contributed by atoms with Crippen molar-refractivity contribution >= 4 is 22.3 Å². The maximum absolute atomic E-state index is 13.7. The minimum absolute atomic E-state index is 0.00708. The van der Waals surface area contributed by atoms with Gasteiger partial charge in [-0.1, -0.05) is 12.1 Å². The number of rotatable bonds is 4. The smallest absolute Gasteiger partial charge is 0.169 e. The van der Waals surface area contributed by atoms with Gasteiger partial charge in [0.05, 0.1) is 11.0 Å². The summed E-state index contributed by atoms with van der Waals surface area (Å²) in [6.45, 7) is 1.98. The maximum Gasteiger partial charge on any atom is 0.169 e. The number of hydrogen-bond acceptors (Lipinski definition) is 4. The van der Waals surface area contributed by atoms with E-state index in [9.17, 15) is 4.39 Å². The van der Waals surface area contributed by atoms with Crippen molar-refractivity contribution in [3.05, 3.63) is 51.9 Å². The molecular formula is C15H15FN2OS. The van der Waals surface area contributed by atoms with Crippen molar-refractivity contribution in [1.82, 2.24) is 10.3 Å². The molecule has 2 heterocycles. The fraction of sp³-hybridized carbons (Fsp3) is 0.267. The number of halogens is 1. The molecule has 0 saturated carbocycles. The Morgan fingerprint density at radius 1 is 1.45 bits per heavy atom. The van der Waals surface area contributed by atoms with Gasteiger partial charge in [0.25, 0.3) is 0 Å². The largest absolute Gasteiger partial charge is 0.456 e. The van der Waals surface area contributed by atoms with Crippen LogP contribution in [0.2, 0.25) is 0 Å². The van der Waals surface area contributed by atoms with Crippen LogP contribution in [0, 0.1) is 12.7 Å². The molecule has 1 unspecified atom stereocenters. The molecule has 0 radical (unpaired) electrons. The third kappa shape index (κ3) is 2.46. The highest BCUT2D eigenvalue weighted by atomic mass is 32.1. The van der Waals surface area contributed by atoms with E-state index in [1.54, 1.807) is 17.4 Å². The molecule has 1 N–H and O–H groups in total. The van der Waals surface area contributed by atoms with Crippen LogP contribution in [-0.4, -0.2) is 12.0 Å². The van der Waals surface area contributed by atoms with Gasteiger partial charge in [0.2, 0.25) is 0 Å². The van der Waals surface area contributed by atoms with Gasteiger partial charge >= 0.3 is 0 Å². The molecule has 0 spiro atoms. The molecular weight excluding hydrogens is 275 g/mol. The Hall–Kier alpha value is -1.72. The topological polar surface area (TPSA) is 38.1 Å². The lowest BCUT2D eigenvalue weighted by Crippen LogP contribution is -2.18. The van der Waals surface area contributed by atoms with Gasteiger partial charge in [-0.25, -0.2) is 9.37 Å². The highest BCUT2D eigenvalue weighted by Gasteiger charge is 2.18. The van der Waals surface area contributed by atoms with Crippen LogP contribution in [0.25, 0.3) is 11.0 Å². The number of furan rings is 1. The zero-order valence-electron chi connectivity index (χ0n) is 11.3. The summed E-state index contributed by atoms with van der Waals surface area (Å²) in [7, 11) is 1.87. The number of likely N-dealkylation sites (N-methyl/N-ethyl adjacent to an activating group) is 1. The van der Waals surface area contributed by atoms with E-state index < -0.39 is 0 Å². The number of nitrogens with zero attached hydrogens (tertiary/aromatic N) is 1. The molecule has 0 aliphatic carbocycles. The standard InChI is InChI=1S/C15H15FN2OS/c1-9-8-20-14(18-9)7-12(17-2)13-6-10-4-3-5-11(16)15(10)19-13/h3-6,8,12,17H,7H2,1-2H3. The average molecular weight is 290 g/mol. The number of para-hydroxylation sites is 1. The van der Waals surface area contributed by atoms with Crippen molar-refractivity contribution in [3.63, 3.8) is 0 Å². The van der Waals surface area contributed by atoms with Gasteiger partial charge in [-0.3, -0.25) is 0 Å². The second-order valence-corrected chi connectivity index (χ2v) is 5.68. The van der Waals surface area contributed by atoms with Crippen LogP contribution in [0.1, 0.15) is 22.5 Å². The van der Waals surface area contributed by atoms with Gasteiger partial charge in [0.1, 0.15) is 5.76 Å². The summed E-state index contributed by atoms with van der Waals surface area (Å²) in [6, 6.07) is 6.84. The molecule has 0 aliphatic heterocycles. The predicted octanol–water partition coefficient (Wildman–Crippen LogP) is 3.84. The van der Waals surface area contributed by atoms with E-state index >= 15 is 0 Å². The molecule has 5 heteroatoms. The SMILES string of the molecule is CNC(Cc1nc(C)cs1)c1cc2cccc(F)c2o1. The number of benzene rings is 1. The van der Waals surface area contributed by atoms with Gasteiger partial charge < -0.3 is 9.73 Å². The molecule has 3 nitrogen and oxygen atoms in total. The Kier molecular flexibility index (Phi) is 3.54. The van der Waals surface area contributed by atoms with E-state index in [0.717, 1.165) is 28.3 Å². The van der Waals surface area contributed by atoms with Crippen LogP contribution in [0.4, 0.5) is 4.39 Å². The second-order valence-electron chi connectivity index (χ2n) is 4.73. The average Bonchev–Trinajstić information content (AvgIpc) is 3.03. The summed E-state index contributed by atoms with van der Waals surface area (Å²) in [4.78, 5) is 4.46. The van der Waals surface area contributed by atoms with E-state index in [1.807, 2.05) is 31.5 Å². The van der Waals surface area contributed by atoms with E-state index in [0.29, 0.717) is 5.58 Å². The van der Waals surface area contributed by atoms with E-state index in [1.165, 1.54) is 6.07 Å². The lowest BCUT2D eigenvalue weighted by Gasteiger charge is -2.11. The number of thiazole rings is 1. The van der Waals surface area contributed by atoms with Crippen LogP contribution in [0.3, 0.4) is 0 Å². The van der Waals surface area contributed by atoms with Crippen LogP contribution in [-0.2, 0) is 6.42 Å². The fourth-order valence-electron chi connectivity index (χ4n) is 2.24. The number of aromatic nitrogens is 1. The first kappa shape index (κ1) is 13.3. The Labute approximate surface area is 120 Å². The molecule has 104 valence electrons. The summed E-state index contributed by atoms with van der Waals surface area (Å²) in [5.41, 5.74) is 1.34. The normalized spacial score (nSPS) is 12.9. The molecule has 1 aromatic carbocycles. The molecule has 0 aliphatic rings. The maximum atomic E-state index is 13.7. The van der Waals surface area contributed by atoms with Crippen molar-refractivity contribution in [2.45, 2.75) is 19.4 Å². The number of hydrogen-bond donors (Lipinski definition) is 1. The van der Waals surface area contributed by atoms with E-state index in [4.69, 9.17) is 4.42 Å². The lowest BCUT2D eigenvalue weighted by atomic mass is 10.1.